The minimum Gasteiger partial charge on any atom is -0.355 e. The molecule has 1 heterocycles. The predicted molar refractivity (Wildman–Crippen MR) is 42.5 cm³/mol. The van der Waals surface area contributed by atoms with E-state index in [0.717, 1.165) is 0 Å². The lowest BCUT2D eigenvalue weighted by Gasteiger charge is -2.09. The molecule has 0 bridgehead atoms. The fraction of sp³-hybridized carbons (Fsp3) is 0.800. The van der Waals surface area contributed by atoms with Gasteiger partial charge in [-0.2, -0.15) is 0 Å². The van der Waals surface area contributed by atoms with Gasteiger partial charge in [0.15, 0.2) is 12.6 Å². The molecular weight excluding hydrogens is 174 g/mol. The van der Waals surface area contributed by atoms with Gasteiger partial charge in [0, 0.05) is 11.5 Å². The molecule has 0 radical (unpaired) electrons. The van der Waals surface area contributed by atoms with Crippen molar-refractivity contribution in [3.05, 3.63) is 16.8 Å². The third-order valence-corrected chi connectivity index (χ3v) is 1.30. The van der Waals surface area contributed by atoms with Crippen molar-refractivity contribution >= 4 is 0 Å². The molecule has 0 aromatic carbocycles. The van der Waals surface area contributed by atoms with Crippen molar-refractivity contribution in [3.8, 4) is 0 Å². The first kappa shape index (κ1) is 9.43. The fourth-order valence-electron chi connectivity index (χ4n) is 0.717. The number of hydrogen-bond donors (Lipinski definition) is 0. The summed E-state index contributed by atoms with van der Waals surface area (Å²) in [5.41, 5.74) is 7.98. The van der Waals surface area contributed by atoms with E-state index in [2.05, 4.69) is 25.4 Å². The molecule has 1 unspecified atom stereocenters. The molecule has 1 atom stereocenters. The summed E-state index contributed by atoms with van der Waals surface area (Å²) in [6, 6.07) is 0. The lowest BCUT2D eigenvalue weighted by atomic mass is 10.6. The molecule has 1 aromatic heterocycles. The fourth-order valence-corrected chi connectivity index (χ4v) is 0.717. The molecule has 0 aliphatic heterocycles. The van der Waals surface area contributed by atoms with Crippen molar-refractivity contribution in [1.29, 1.82) is 0 Å². The third kappa shape index (κ3) is 3.06. The SMILES string of the molecule is CC(OCCN=[N+]=[N-])n1ncnn1. The second kappa shape index (κ2) is 5.07. The first-order valence-corrected chi connectivity index (χ1v) is 3.69. The van der Waals surface area contributed by atoms with Gasteiger partial charge in [0.25, 0.3) is 0 Å². The van der Waals surface area contributed by atoms with Crippen molar-refractivity contribution in [2.45, 2.75) is 13.2 Å². The highest BCUT2D eigenvalue weighted by atomic mass is 16.5. The van der Waals surface area contributed by atoms with E-state index in [1.165, 1.54) is 11.1 Å². The van der Waals surface area contributed by atoms with Gasteiger partial charge in [-0.1, -0.05) is 5.11 Å². The van der Waals surface area contributed by atoms with Crippen LogP contribution in [0.1, 0.15) is 13.2 Å². The molecule has 0 amide bonds. The van der Waals surface area contributed by atoms with Gasteiger partial charge in [-0.3, -0.25) is 0 Å². The van der Waals surface area contributed by atoms with Crippen LogP contribution in [-0.4, -0.2) is 33.4 Å². The van der Waals surface area contributed by atoms with E-state index in [0.29, 0.717) is 13.2 Å². The normalized spacial score (nSPS) is 12.1. The van der Waals surface area contributed by atoms with Crippen LogP contribution in [0.5, 0.6) is 0 Å². The first-order valence-electron chi connectivity index (χ1n) is 3.69. The molecule has 0 aliphatic carbocycles. The first-order chi connectivity index (χ1) is 6.34. The van der Waals surface area contributed by atoms with Crippen LogP contribution in [0.4, 0.5) is 0 Å². The monoisotopic (exact) mass is 183 g/mol. The van der Waals surface area contributed by atoms with Crippen LogP contribution >= 0.6 is 0 Å². The number of aromatic nitrogens is 4. The maximum Gasteiger partial charge on any atom is 0.168 e. The number of hydrogen-bond acceptors (Lipinski definition) is 5. The number of ether oxygens (including phenoxy) is 1. The maximum absolute atomic E-state index is 7.98. The summed E-state index contributed by atoms with van der Waals surface area (Å²) in [5.74, 6) is 0. The highest BCUT2D eigenvalue weighted by molar-refractivity contribution is 4.47. The molecule has 0 spiro atoms. The second-order valence-electron chi connectivity index (χ2n) is 2.18. The average molecular weight is 183 g/mol. The average Bonchev–Trinajstić information content (AvgIpc) is 2.65. The molecule has 0 fully saturated rings. The summed E-state index contributed by atoms with van der Waals surface area (Å²) in [5, 5.41) is 14.3. The number of rotatable bonds is 5. The van der Waals surface area contributed by atoms with Crippen LogP contribution in [0.15, 0.2) is 11.4 Å². The Morgan fingerprint density at radius 2 is 2.62 bits per heavy atom. The number of azide groups is 1. The summed E-state index contributed by atoms with van der Waals surface area (Å²) in [7, 11) is 0. The minimum absolute atomic E-state index is 0.295. The molecule has 0 aliphatic rings. The van der Waals surface area contributed by atoms with E-state index < -0.39 is 0 Å². The van der Waals surface area contributed by atoms with Crippen LogP contribution in [0.25, 0.3) is 10.4 Å². The number of tetrazole rings is 1. The van der Waals surface area contributed by atoms with E-state index in [-0.39, 0.29) is 6.23 Å². The van der Waals surface area contributed by atoms with E-state index in [1.807, 2.05) is 0 Å². The Morgan fingerprint density at radius 3 is 3.23 bits per heavy atom. The van der Waals surface area contributed by atoms with Crippen molar-refractivity contribution in [3.63, 3.8) is 0 Å². The van der Waals surface area contributed by atoms with Crippen molar-refractivity contribution in [2.75, 3.05) is 13.2 Å². The Hall–Kier alpha value is -1.66. The molecule has 0 saturated heterocycles. The van der Waals surface area contributed by atoms with Crippen LogP contribution in [-0.2, 0) is 4.74 Å². The van der Waals surface area contributed by atoms with E-state index in [4.69, 9.17) is 10.3 Å². The zero-order valence-electron chi connectivity index (χ0n) is 7.11. The molecular formula is C5H9N7O. The molecule has 70 valence electrons. The van der Waals surface area contributed by atoms with Crippen LogP contribution < -0.4 is 0 Å². The lowest BCUT2D eigenvalue weighted by Crippen LogP contribution is -2.14. The minimum atomic E-state index is -0.295. The summed E-state index contributed by atoms with van der Waals surface area (Å²) in [4.78, 5) is 3.92. The molecule has 8 nitrogen and oxygen atoms in total. The molecule has 8 heteroatoms. The quantitative estimate of drug-likeness (QED) is 0.287. The Morgan fingerprint density at radius 1 is 1.77 bits per heavy atom. The maximum atomic E-state index is 7.98. The lowest BCUT2D eigenvalue weighted by molar-refractivity contribution is 0.00160. The molecule has 0 N–H and O–H groups in total. The summed E-state index contributed by atoms with van der Waals surface area (Å²) >= 11 is 0. The van der Waals surface area contributed by atoms with Crippen LogP contribution in [0.3, 0.4) is 0 Å². The molecule has 13 heavy (non-hydrogen) atoms. The van der Waals surface area contributed by atoms with E-state index in [9.17, 15) is 0 Å². The van der Waals surface area contributed by atoms with Gasteiger partial charge in [0.2, 0.25) is 0 Å². The topological polar surface area (TPSA) is 102 Å². The highest BCUT2D eigenvalue weighted by Gasteiger charge is 2.04. The molecule has 1 aromatic rings. The van der Waals surface area contributed by atoms with Gasteiger partial charge >= 0.3 is 0 Å². The summed E-state index contributed by atoms with van der Waals surface area (Å²) < 4.78 is 5.22. The summed E-state index contributed by atoms with van der Waals surface area (Å²) in [6.45, 7) is 2.42. The molecule has 0 saturated carbocycles. The standard InChI is InChI=1S/C5H9N7O/c1-5(12-9-4-8-11-12)13-3-2-7-10-6/h4-5H,2-3H2,1H3. The third-order valence-electron chi connectivity index (χ3n) is 1.30. The Kier molecular flexibility index (Phi) is 3.68. The van der Waals surface area contributed by atoms with Crippen LogP contribution in [0.2, 0.25) is 0 Å². The summed E-state index contributed by atoms with van der Waals surface area (Å²) in [6.07, 6.45) is 1.03. The van der Waals surface area contributed by atoms with Crippen molar-refractivity contribution < 1.29 is 4.74 Å². The van der Waals surface area contributed by atoms with Crippen LogP contribution in [0, 0.1) is 0 Å². The van der Waals surface area contributed by atoms with E-state index in [1.54, 1.807) is 6.92 Å². The van der Waals surface area contributed by atoms with Crippen molar-refractivity contribution in [1.82, 2.24) is 20.2 Å². The van der Waals surface area contributed by atoms with Crippen molar-refractivity contribution in [2.24, 2.45) is 5.11 Å². The van der Waals surface area contributed by atoms with Gasteiger partial charge in [-0.25, -0.2) is 0 Å². The second-order valence-corrected chi connectivity index (χ2v) is 2.18. The smallest absolute Gasteiger partial charge is 0.168 e. The highest BCUT2D eigenvalue weighted by Crippen LogP contribution is 2.00. The Balaban J connectivity index is 2.26. The zero-order valence-corrected chi connectivity index (χ0v) is 7.11. The van der Waals surface area contributed by atoms with Gasteiger partial charge in [0.1, 0.15) is 0 Å². The predicted octanol–water partition coefficient (Wildman–Crippen LogP) is 0.518. The van der Waals surface area contributed by atoms with Gasteiger partial charge in [0.05, 0.1) is 6.61 Å². The zero-order chi connectivity index (χ0) is 9.52. The number of nitrogens with zero attached hydrogens (tertiary/aromatic N) is 7. The van der Waals surface area contributed by atoms with Gasteiger partial charge < -0.3 is 4.74 Å². The van der Waals surface area contributed by atoms with Gasteiger partial charge in [-0.15, -0.1) is 15.0 Å². The Bertz CT molecular complexity index is 277. The molecule has 1 rings (SSSR count). The largest absolute Gasteiger partial charge is 0.355 e. The Labute approximate surface area is 74.1 Å². The van der Waals surface area contributed by atoms with E-state index >= 15 is 0 Å². The van der Waals surface area contributed by atoms with Gasteiger partial charge in [-0.05, 0) is 17.7 Å².